The first-order chi connectivity index (χ1) is 21.2. The van der Waals surface area contributed by atoms with Crippen molar-refractivity contribution < 1.29 is 23.8 Å². The molecule has 1 aliphatic carbocycles. The molecule has 10 nitrogen and oxygen atoms in total. The van der Waals surface area contributed by atoms with Crippen LogP contribution < -0.4 is 35.6 Å². The number of methoxy groups -OCH3 is 3. The molecule has 0 saturated carbocycles. The molecule has 4 aromatic rings. The van der Waals surface area contributed by atoms with Crippen LogP contribution in [0.4, 0.5) is 11.4 Å². The molecule has 0 spiro atoms. The lowest BCUT2D eigenvalue weighted by atomic mass is 9.95. The number of anilines is 2. The number of fused-ring (bicyclic) bond motifs is 4. The molecular formula is C34H38N4O6. The minimum atomic E-state index is -0.386. The summed E-state index contributed by atoms with van der Waals surface area (Å²) in [5, 5.41) is 10.3. The van der Waals surface area contributed by atoms with Crippen LogP contribution in [0.5, 0.6) is 17.2 Å². The van der Waals surface area contributed by atoms with E-state index >= 15 is 0 Å². The minimum Gasteiger partial charge on any atom is -0.493 e. The standard InChI is InChI=1S/C34H38N4O6/c1-20(39)36-26-12-9-22-17-30(42-3)33(43-4)34(44-5)32(22)24-11-13-27(29(40)19-25(24)26)35-15-6-7-31(41)37-23-10-8-21-14-16-38(2)28(21)18-23/h8,10-11,13-14,16-19,26H,6-7,9,12,15H2,1-5H3,(H,35,40)(H,36,39)(H,37,41)/t26-/m0/s1. The summed E-state index contributed by atoms with van der Waals surface area (Å²) in [6, 6.07) is 14.6. The maximum atomic E-state index is 13.5. The second kappa shape index (κ2) is 13.1. The average molecular weight is 599 g/mol. The number of carbonyl (C=O) groups excluding carboxylic acids is 2. The number of nitrogens with one attached hydrogen (secondary N) is 3. The van der Waals surface area contributed by atoms with E-state index in [1.165, 1.54) is 6.92 Å². The van der Waals surface area contributed by atoms with Crippen molar-refractivity contribution in [2.75, 3.05) is 38.5 Å². The van der Waals surface area contributed by atoms with Gasteiger partial charge in [0.1, 0.15) is 0 Å². The summed E-state index contributed by atoms with van der Waals surface area (Å²) in [7, 11) is 6.66. The fraction of sp³-hybridized carbons (Fsp3) is 0.324. The molecule has 44 heavy (non-hydrogen) atoms. The molecule has 1 aliphatic rings. The van der Waals surface area contributed by atoms with Gasteiger partial charge >= 0.3 is 0 Å². The van der Waals surface area contributed by atoms with Crippen LogP contribution in [-0.4, -0.2) is 44.3 Å². The van der Waals surface area contributed by atoms with Gasteiger partial charge < -0.3 is 34.7 Å². The van der Waals surface area contributed by atoms with Gasteiger partial charge in [-0.25, -0.2) is 0 Å². The Bertz CT molecular complexity index is 1780. The van der Waals surface area contributed by atoms with Gasteiger partial charge in [-0.2, -0.15) is 0 Å². The van der Waals surface area contributed by atoms with Crippen molar-refractivity contribution in [1.82, 2.24) is 9.88 Å². The van der Waals surface area contributed by atoms with Crippen molar-refractivity contribution in [2.45, 2.75) is 38.6 Å². The fourth-order valence-electron chi connectivity index (χ4n) is 5.89. The molecule has 230 valence electrons. The van der Waals surface area contributed by atoms with Gasteiger partial charge in [-0.1, -0.05) is 12.1 Å². The molecule has 2 amide bonds. The quantitative estimate of drug-likeness (QED) is 0.215. The topological polar surface area (TPSA) is 120 Å². The molecular weight excluding hydrogens is 560 g/mol. The lowest BCUT2D eigenvalue weighted by molar-refractivity contribution is -0.119. The van der Waals surface area contributed by atoms with E-state index in [1.54, 1.807) is 33.5 Å². The summed E-state index contributed by atoms with van der Waals surface area (Å²) >= 11 is 0. The zero-order valence-electron chi connectivity index (χ0n) is 25.7. The highest BCUT2D eigenvalue weighted by Crippen LogP contribution is 2.50. The Morgan fingerprint density at radius 1 is 0.977 bits per heavy atom. The number of amides is 2. The number of nitrogens with zero attached hydrogens (tertiary/aromatic N) is 1. The van der Waals surface area contributed by atoms with E-state index in [-0.39, 0.29) is 23.3 Å². The van der Waals surface area contributed by atoms with Crippen LogP contribution in [0.2, 0.25) is 0 Å². The molecule has 0 bridgehead atoms. The number of benzene rings is 2. The Balaban J connectivity index is 1.38. The van der Waals surface area contributed by atoms with Gasteiger partial charge in [0.2, 0.25) is 23.0 Å². The smallest absolute Gasteiger partial charge is 0.224 e. The minimum absolute atomic E-state index is 0.0979. The van der Waals surface area contributed by atoms with Crippen molar-refractivity contribution in [3.8, 4) is 28.4 Å². The normalized spacial score (nSPS) is 13.7. The third-order valence-electron chi connectivity index (χ3n) is 7.98. The van der Waals surface area contributed by atoms with Crippen LogP contribution in [0.15, 0.2) is 59.5 Å². The number of hydrogen-bond acceptors (Lipinski definition) is 7. The molecule has 0 unspecified atom stereocenters. The van der Waals surface area contributed by atoms with Gasteiger partial charge in [-0.15, -0.1) is 0 Å². The van der Waals surface area contributed by atoms with Gasteiger partial charge in [-0.05, 0) is 77.7 Å². The number of rotatable bonds is 10. The highest BCUT2D eigenvalue weighted by atomic mass is 16.5. The maximum Gasteiger partial charge on any atom is 0.224 e. The summed E-state index contributed by atoms with van der Waals surface area (Å²) < 4.78 is 19.1. The molecule has 1 aromatic heterocycles. The first-order valence-electron chi connectivity index (χ1n) is 14.6. The third kappa shape index (κ3) is 6.20. The first-order valence-corrected chi connectivity index (χ1v) is 14.6. The number of aromatic nitrogens is 1. The van der Waals surface area contributed by atoms with E-state index in [0.29, 0.717) is 60.7 Å². The van der Waals surface area contributed by atoms with E-state index in [4.69, 9.17) is 14.2 Å². The molecule has 0 fully saturated rings. The van der Waals surface area contributed by atoms with Gasteiger partial charge in [0.25, 0.3) is 0 Å². The lowest BCUT2D eigenvalue weighted by Crippen LogP contribution is -2.26. The Kier molecular flexibility index (Phi) is 9.08. The predicted molar refractivity (Wildman–Crippen MR) is 172 cm³/mol. The van der Waals surface area contributed by atoms with Gasteiger partial charge in [0.15, 0.2) is 11.5 Å². The summed E-state index contributed by atoms with van der Waals surface area (Å²) in [5.74, 6) is 1.20. The van der Waals surface area contributed by atoms with Crippen molar-refractivity contribution in [3.05, 3.63) is 76.1 Å². The highest BCUT2D eigenvalue weighted by molar-refractivity contribution is 5.93. The number of ether oxygens (including phenoxy) is 3. The van der Waals surface area contributed by atoms with Crippen molar-refractivity contribution >= 4 is 34.1 Å². The fourth-order valence-corrected chi connectivity index (χ4v) is 5.89. The monoisotopic (exact) mass is 598 g/mol. The number of carbonyl (C=O) groups is 2. The second-order valence-corrected chi connectivity index (χ2v) is 10.9. The second-order valence-electron chi connectivity index (χ2n) is 10.9. The van der Waals surface area contributed by atoms with Crippen molar-refractivity contribution in [3.63, 3.8) is 0 Å². The molecule has 10 heteroatoms. The zero-order valence-corrected chi connectivity index (χ0v) is 25.7. The summed E-state index contributed by atoms with van der Waals surface area (Å²) in [6.07, 6.45) is 4.00. The molecule has 0 aliphatic heterocycles. The van der Waals surface area contributed by atoms with E-state index in [2.05, 4.69) is 16.0 Å². The van der Waals surface area contributed by atoms with Crippen LogP contribution in [0.25, 0.3) is 22.0 Å². The number of hydrogen-bond donors (Lipinski definition) is 3. The zero-order chi connectivity index (χ0) is 31.4. The van der Waals surface area contributed by atoms with Gasteiger partial charge in [-0.3, -0.25) is 14.4 Å². The molecule has 0 saturated heterocycles. The molecule has 5 rings (SSSR count). The Morgan fingerprint density at radius 3 is 2.50 bits per heavy atom. The van der Waals surface area contributed by atoms with Crippen molar-refractivity contribution in [2.24, 2.45) is 7.05 Å². The van der Waals surface area contributed by atoms with E-state index in [0.717, 1.165) is 33.3 Å². The van der Waals surface area contributed by atoms with E-state index < -0.39 is 0 Å². The van der Waals surface area contributed by atoms with E-state index in [9.17, 15) is 14.4 Å². The third-order valence-corrected chi connectivity index (χ3v) is 7.98. The average Bonchev–Trinajstić information content (AvgIpc) is 3.21. The van der Waals surface area contributed by atoms with Crippen LogP contribution in [0.1, 0.15) is 43.4 Å². The van der Waals surface area contributed by atoms with Crippen LogP contribution in [0, 0.1) is 0 Å². The van der Waals surface area contributed by atoms with Gasteiger partial charge in [0, 0.05) is 49.9 Å². The Morgan fingerprint density at radius 2 is 1.77 bits per heavy atom. The molecule has 0 radical (unpaired) electrons. The Hall–Kier alpha value is -4.99. The van der Waals surface area contributed by atoms with Crippen molar-refractivity contribution in [1.29, 1.82) is 0 Å². The van der Waals surface area contributed by atoms with Crippen LogP contribution in [-0.2, 0) is 23.1 Å². The maximum absolute atomic E-state index is 13.5. The molecule has 3 aromatic carbocycles. The number of aryl methyl sites for hydroxylation is 2. The highest BCUT2D eigenvalue weighted by Gasteiger charge is 2.29. The molecule has 1 atom stereocenters. The largest absolute Gasteiger partial charge is 0.493 e. The summed E-state index contributed by atoms with van der Waals surface area (Å²) in [6.45, 7) is 1.89. The summed E-state index contributed by atoms with van der Waals surface area (Å²) in [4.78, 5) is 38.3. The van der Waals surface area contributed by atoms with Crippen LogP contribution >= 0.6 is 0 Å². The van der Waals surface area contributed by atoms with Gasteiger partial charge in [0.05, 0.1) is 33.1 Å². The first kappa shape index (κ1) is 30.5. The van der Waals surface area contributed by atoms with Crippen LogP contribution in [0.3, 0.4) is 0 Å². The lowest BCUT2D eigenvalue weighted by Gasteiger charge is -2.19. The van der Waals surface area contributed by atoms with E-state index in [1.807, 2.05) is 54.2 Å². The predicted octanol–water partition coefficient (Wildman–Crippen LogP) is 5.19. The SMILES string of the molecule is COc1cc2c(c(OC)c1OC)-c1ccc(NCCCC(=O)Nc3ccc4ccn(C)c4c3)c(=O)cc1[C@@H](NC(C)=O)CC2. The Labute approximate surface area is 256 Å². The molecule has 1 heterocycles. The molecule has 3 N–H and O–H groups in total. The summed E-state index contributed by atoms with van der Waals surface area (Å²) in [5.41, 5.74) is 5.17.